The average Bonchev–Trinajstić information content (AvgIpc) is 2.35. The second-order valence-electron chi connectivity index (χ2n) is 3.70. The molecule has 0 amide bonds. The van der Waals surface area contributed by atoms with Gasteiger partial charge in [0.1, 0.15) is 4.90 Å². The quantitative estimate of drug-likeness (QED) is 0.502. The number of hydrogen-bond donors (Lipinski definition) is 2. The summed E-state index contributed by atoms with van der Waals surface area (Å²) in [6.07, 6.45) is 0. The van der Waals surface area contributed by atoms with Gasteiger partial charge in [0.15, 0.2) is 0 Å². The summed E-state index contributed by atoms with van der Waals surface area (Å²) in [4.78, 5) is 9.69. The maximum atomic E-state index is 11.3. The van der Waals surface area contributed by atoms with Crippen LogP contribution in [0.5, 0.6) is 0 Å². The van der Waals surface area contributed by atoms with Crippen LogP contribution in [0, 0.1) is 4.91 Å². The Morgan fingerprint density at radius 3 is 2.47 bits per heavy atom. The normalized spacial score (nSPS) is 13.3. The molecule has 0 saturated heterocycles. The van der Waals surface area contributed by atoms with Crippen LogP contribution in [0.3, 0.4) is 0 Å². The van der Waals surface area contributed by atoms with Gasteiger partial charge in [-0.3, -0.25) is 4.55 Å². The number of fused-ring (bicyclic) bond motifs is 1. The number of hydrogen-bond acceptors (Lipinski definition) is 5. The minimum atomic E-state index is -4.54. The fourth-order valence-corrected chi connectivity index (χ4v) is 3.01. The molecule has 2 aromatic carbocycles. The third-order valence-electron chi connectivity index (χ3n) is 2.46. The maximum absolute atomic E-state index is 11.3. The van der Waals surface area contributed by atoms with E-state index in [1.54, 1.807) is 0 Å². The standard InChI is InChI=1S/C10H8N2O5S2/c11-7-2-1-6-3-8(18(14)12-13)5-10(9(6)4-7)19(15,16)17/h1-5H,11H2,(H,15,16,17). The number of nitrogens with two attached hydrogens (primary N) is 1. The van der Waals surface area contributed by atoms with Gasteiger partial charge < -0.3 is 5.73 Å². The molecule has 0 heterocycles. The van der Waals surface area contributed by atoms with Crippen LogP contribution in [0.15, 0.2) is 44.7 Å². The van der Waals surface area contributed by atoms with Crippen molar-refractivity contribution in [1.82, 2.24) is 0 Å². The largest absolute Gasteiger partial charge is 0.399 e. The highest BCUT2D eigenvalue weighted by atomic mass is 32.2. The maximum Gasteiger partial charge on any atom is 0.295 e. The number of rotatable bonds is 3. The highest BCUT2D eigenvalue weighted by molar-refractivity contribution is 7.86. The summed E-state index contributed by atoms with van der Waals surface area (Å²) in [5.74, 6) is 0. The van der Waals surface area contributed by atoms with Crippen molar-refractivity contribution in [2.75, 3.05) is 5.73 Å². The van der Waals surface area contributed by atoms with Gasteiger partial charge in [0.2, 0.25) is 11.0 Å². The van der Waals surface area contributed by atoms with Crippen molar-refractivity contribution in [1.29, 1.82) is 0 Å². The molecule has 0 saturated carbocycles. The summed E-state index contributed by atoms with van der Waals surface area (Å²) in [5, 5.41) is 0.547. The molecule has 0 aliphatic heterocycles. The highest BCUT2D eigenvalue weighted by Gasteiger charge is 2.18. The summed E-state index contributed by atoms with van der Waals surface area (Å²) in [7, 11) is -6.78. The Kier molecular flexibility index (Phi) is 3.35. The van der Waals surface area contributed by atoms with Gasteiger partial charge in [0, 0.05) is 15.7 Å². The average molecular weight is 300 g/mol. The summed E-state index contributed by atoms with van der Waals surface area (Å²) in [5.41, 5.74) is 5.86. The zero-order valence-corrected chi connectivity index (χ0v) is 10.9. The molecule has 0 aliphatic carbocycles. The number of nitrogens with zero attached hydrogens (tertiary/aromatic N) is 1. The van der Waals surface area contributed by atoms with Crippen LogP contribution in [0.4, 0.5) is 5.69 Å². The summed E-state index contributed by atoms with van der Waals surface area (Å²) >= 11 is 0. The van der Waals surface area contributed by atoms with Gasteiger partial charge >= 0.3 is 0 Å². The van der Waals surface area contributed by atoms with Gasteiger partial charge in [-0.2, -0.15) is 8.42 Å². The monoisotopic (exact) mass is 300 g/mol. The van der Waals surface area contributed by atoms with E-state index in [0.717, 1.165) is 6.07 Å². The smallest absolute Gasteiger partial charge is 0.295 e. The van der Waals surface area contributed by atoms with Gasteiger partial charge in [-0.1, -0.05) is 6.07 Å². The predicted molar refractivity (Wildman–Crippen MR) is 70.4 cm³/mol. The van der Waals surface area contributed by atoms with Crippen molar-refractivity contribution < 1.29 is 17.2 Å². The highest BCUT2D eigenvalue weighted by Crippen LogP contribution is 2.28. The minimum Gasteiger partial charge on any atom is -0.399 e. The topological polar surface area (TPSA) is 127 Å². The molecular weight excluding hydrogens is 292 g/mol. The molecule has 19 heavy (non-hydrogen) atoms. The Bertz CT molecular complexity index is 801. The Hall–Kier alpha value is -1.84. The van der Waals surface area contributed by atoms with E-state index in [0.29, 0.717) is 11.1 Å². The van der Waals surface area contributed by atoms with E-state index >= 15 is 0 Å². The second-order valence-corrected chi connectivity index (χ2v) is 6.21. The second kappa shape index (κ2) is 4.68. The van der Waals surface area contributed by atoms with Gasteiger partial charge in [-0.25, -0.2) is 4.21 Å². The first-order chi connectivity index (χ1) is 8.82. The van der Waals surface area contributed by atoms with Crippen molar-refractivity contribution in [3.8, 4) is 0 Å². The third kappa shape index (κ3) is 2.62. The first-order valence-electron chi connectivity index (χ1n) is 4.89. The lowest BCUT2D eigenvalue weighted by Crippen LogP contribution is -2.01. The number of nitroso groups, excluding NO2 is 1. The lowest BCUT2D eigenvalue weighted by atomic mass is 10.1. The Morgan fingerprint density at radius 2 is 1.89 bits per heavy atom. The van der Waals surface area contributed by atoms with Gasteiger partial charge in [0.25, 0.3) is 10.1 Å². The van der Waals surface area contributed by atoms with Crippen molar-refractivity contribution in [3.05, 3.63) is 35.2 Å². The van der Waals surface area contributed by atoms with Crippen LogP contribution in [0.2, 0.25) is 0 Å². The zero-order chi connectivity index (χ0) is 14.2. The summed E-state index contributed by atoms with van der Waals surface area (Å²) in [6, 6.07) is 6.65. The predicted octanol–water partition coefficient (Wildman–Crippen LogP) is 1.46. The molecule has 0 radical (unpaired) electrons. The molecule has 1 unspecified atom stereocenters. The van der Waals surface area contributed by atoms with E-state index in [1.807, 2.05) is 0 Å². The van der Waals surface area contributed by atoms with Crippen LogP contribution >= 0.6 is 0 Å². The Morgan fingerprint density at radius 1 is 1.21 bits per heavy atom. The summed E-state index contributed by atoms with van der Waals surface area (Å²) < 4.78 is 45.5. The van der Waals surface area contributed by atoms with Crippen molar-refractivity contribution in [2.45, 2.75) is 9.79 Å². The van der Waals surface area contributed by atoms with Crippen LogP contribution in [-0.2, 0) is 21.1 Å². The molecule has 2 rings (SSSR count). The van der Waals surface area contributed by atoms with E-state index in [1.165, 1.54) is 24.3 Å². The number of nitrogen functional groups attached to an aromatic ring is 1. The van der Waals surface area contributed by atoms with Crippen LogP contribution in [0.1, 0.15) is 0 Å². The van der Waals surface area contributed by atoms with E-state index < -0.39 is 26.0 Å². The lowest BCUT2D eigenvalue weighted by Gasteiger charge is -2.06. The number of benzene rings is 2. The number of anilines is 1. The molecule has 0 spiro atoms. The van der Waals surface area contributed by atoms with E-state index in [2.05, 4.69) is 4.58 Å². The van der Waals surface area contributed by atoms with Gasteiger partial charge in [-0.15, -0.1) is 4.91 Å². The van der Waals surface area contributed by atoms with Gasteiger partial charge in [-0.05, 0) is 29.7 Å². The molecule has 9 heteroatoms. The molecular formula is C10H8N2O5S2. The van der Waals surface area contributed by atoms with Gasteiger partial charge in [0.05, 0.1) is 4.90 Å². The first kappa shape index (κ1) is 13.6. The van der Waals surface area contributed by atoms with Crippen molar-refractivity contribution in [3.63, 3.8) is 0 Å². The fraction of sp³-hybridized carbons (Fsp3) is 0. The molecule has 0 bridgehead atoms. The third-order valence-corrected chi connectivity index (χ3v) is 4.13. The Balaban J connectivity index is 2.92. The molecule has 1 atom stereocenters. The molecule has 7 nitrogen and oxygen atoms in total. The molecule has 3 N–H and O–H groups in total. The van der Waals surface area contributed by atoms with Crippen molar-refractivity contribution >= 4 is 37.6 Å². The lowest BCUT2D eigenvalue weighted by molar-refractivity contribution is 0.484. The van der Waals surface area contributed by atoms with Crippen LogP contribution in [-0.4, -0.2) is 17.2 Å². The molecule has 2 aromatic rings. The van der Waals surface area contributed by atoms with E-state index in [-0.39, 0.29) is 10.3 Å². The van der Waals surface area contributed by atoms with Crippen LogP contribution in [0.25, 0.3) is 10.8 Å². The zero-order valence-electron chi connectivity index (χ0n) is 9.31. The first-order valence-corrected chi connectivity index (χ1v) is 7.43. The minimum absolute atomic E-state index is 0.111. The van der Waals surface area contributed by atoms with Crippen molar-refractivity contribution in [2.24, 2.45) is 4.58 Å². The van der Waals surface area contributed by atoms with E-state index in [9.17, 15) is 22.1 Å². The molecule has 0 aromatic heterocycles. The summed E-state index contributed by atoms with van der Waals surface area (Å²) in [6.45, 7) is 0. The fourth-order valence-electron chi connectivity index (χ4n) is 1.67. The van der Waals surface area contributed by atoms with E-state index in [4.69, 9.17) is 5.73 Å². The molecule has 100 valence electrons. The SMILES string of the molecule is Nc1ccc2cc(S(=O)N=O)cc(S(=O)(=O)O)c2c1. The van der Waals surface area contributed by atoms with Crippen LogP contribution < -0.4 is 5.73 Å². The Labute approximate surface area is 110 Å². The molecule has 0 aliphatic rings. The molecule has 0 fully saturated rings.